The van der Waals surface area contributed by atoms with Crippen molar-refractivity contribution in [3.63, 3.8) is 0 Å². The molecule has 0 aliphatic heterocycles. The van der Waals surface area contributed by atoms with Crippen LogP contribution in [0.1, 0.15) is 6.42 Å². The standard InChI is InChI=1S/C11H10ClNO5S/c12-8-3-1-2-4-9(8)19(17,18)13-10(14)6-5-7(6)11(15)16/h1-4,6-7H,5H2,(H,13,14)(H,15,16)/t6-,7-/m1/s1. The van der Waals surface area contributed by atoms with Gasteiger partial charge in [-0.2, -0.15) is 0 Å². The van der Waals surface area contributed by atoms with Gasteiger partial charge < -0.3 is 5.11 Å². The number of hydrogen-bond donors (Lipinski definition) is 2. The number of carbonyl (C=O) groups excluding carboxylic acids is 1. The molecule has 1 aliphatic carbocycles. The monoisotopic (exact) mass is 303 g/mol. The van der Waals surface area contributed by atoms with Crippen LogP contribution in [0, 0.1) is 11.8 Å². The lowest BCUT2D eigenvalue weighted by Gasteiger charge is -2.07. The van der Waals surface area contributed by atoms with Crippen molar-refractivity contribution in [1.29, 1.82) is 0 Å². The number of carboxylic acid groups (broad SMARTS) is 1. The molecular weight excluding hydrogens is 294 g/mol. The summed E-state index contributed by atoms with van der Waals surface area (Å²) >= 11 is 5.74. The minimum Gasteiger partial charge on any atom is -0.481 e. The number of nitrogens with one attached hydrogen (secondary N) is 1. The molecule has 8 heteroatoms. The average molecular weight is 304 g/mol. The second-order valence-electron chi connectivity index (χ2n) is 4.19. The molecule has 0 saturated heterocycles. The zero-order valence-corrected chi connectivity index (χ0v) is 11.1. The van der Waals surface area contributed by atoms with Crippen molar-refractivity contribution in [1.82, 2.24) is 4.72 Å². The predicted molar refractivity (Wildman–Crippen MR) is 66.0 cm³/mol. The van der Waals surface area contributed by atoms with Crippen molar-refractivity contribution < 1.29 is 23.1 Å². The van der Waals surface area contributed by atoms with Crippen LogP contribution in [-0.2, 0) is 19.6 Å². The average Bonchev–Trinajstić information content (AvgIpc) is 3.08. The molecule has 0 bridgehead atoms. The van der Waals surface area contributed by atoms with Gasteiger partial charge in [0.25, 0.3) is 10.0 Å². The van der Waals surface area contributed by atoms with E-state index < -0.39 is 33.7 Å². The fraction of sp³-hybridized carbons (Fsp3) is 0.273. The van der Waals surface area contributed by atoms with Gasteiger partial charge in [-0.05, 0) is 18.6 Å². The van der Waals surface area contributed by atoms with Crippen LogP contribution in [0.25, 0.3) is 0 Å². The molecule has 1 aliphatic rings. The lowest BCUT2D eigenvalue weighted by molar-refractivity contribution is -0.140. The first-order valence-electron chi connectivity index (χ1n) is 5.37. The number of sulfonamides is 1. The first-order valence-corrected chi connectivity index (χ1v) is 7.23. The third-order valence-corrected chi connectivity index (χ3v) is 4.65. The fourth-order valence-corrected chi connectivity index (χ4v) is 3.23. The van der Waals surface area contributed by atoms with E-state index in [1.54, 1.807) is 6.07 Å². The van der Waals surface area contributed by atoms with Crippen LogP contribution in [0.5, 0.6) is 0 Å². The number of halogens is 1. The molecule has 1 saturated carbocycles. The summed E-state index contributed by atoms with van der Waals surface area (Å²) in [6, 6.07) is 5.68. The van der Waals surface area contributed by atoms with Crippen molar-refractivity contribution in [3.8, 4) is 0 Å². The summed E-state index contributed by atoms with van der Waals surface area (Å²) in [5.41, 5.74) is 0. The Labute approximate surface area is 114 Å². The van der Waals surface area contributed by atoms with E-state index in [1.165, 1.54) is 18.2 Å². The summed E-state index contributed by atoms with van der Waals surface area (Å²) in [5.74, 6) is -3.51. The summed E-state index contributed by atoms with van der Waals surface area (Å²) in [5, 5.41) is 8.68. The van der Waals surface area contributed by atoms with Gasteiger partial charge in [0.15, 0.2) is 0 Å². The number of hydrogen-bond acceptors (Lipinski definition) is 4. The molecular formula is C11H10ClNO5S. The SMILES string of the molecule is O=C(O)[C@@H]1C[C@H]1C(=O)NS(=O)(=O)c1ccccc1Cl. The summed E-state index contributed by atoms with van der Waals surface area (Å²) in [6.07, 6.45) is 0.152. The molecule has 0 spiro atoms. The Bertz CT molecular complexity index is 642. The Morgan fingerprint density at radius 1 is 1.26 bits per heavy atom. The van der Waals surface area contributed by atoms with E-state index in [1.807, 2.05) is 4.72 Å². The van der Waals surface area contributed by atoms with Crippen LogP contribution in [0.4, 0.5) is 0 Å². The van der Waals surface area contributed by atoms with Crippen LogP contribution in [-0.4, -0.2) is 25.4 Å². The molecule has 102 valence electrons. The largest absolute Gasteiger partial charge is 0.481 e. The van der Waals surface area contributed by atoms with E-state index >= 15 is 0 Å². The molecule has 2 atom stereocenters. The molecule has 1 aromatic carbocycles. The number of rotatable bonds is 4. The number of carboxylic acids is 1. The number of carbonyl (C=O) groups is 2. The number of aliphatic carboxylic acids is 1. The van der Waals surface area contributed by atoms with Gasteiger partial charge in [-0.1, -0.05) is 23.7 Å². The van der Waals surface area contributed by atoms with Gasteiger partial charge in [0.2, 0.25) is 5.91 Å². The maximum Gasteiger partial charge on any atom is 0.307 e. The second-order valence-corrected chi connectivity index (χ2v) is 6.25. The van der Waals surface area contributed by atoms with Gasteiger partial charge in [-0.15, -0.1) is 0 Å². The highest BCUT2D eigenvalue weighted by Gasteiger charge is 2.49. The van der Waals surface area contributed by atoms with E-state index in [-0.39, 0.29) is 16.3 Å². The van der Waals surface area contributed by atoms with E-state index in [0.717, 1.165) is 0 Å². The van der Waals surface area contributed by atoms with Crippen LogP contribution in [0.2, 0.25) is 5.02 Å². The Kier molecular flexibility index (Phi) is 3.51. The van der Waals surface area contributed by atoms with Gasteiger partial charge in [-0.25, -0.2) is 13.1 Å². The van der Waals surface area contributed by atoms with Crippen LogP contribution < -0.4 is 4.72 Å². The van der Waals surface area contributed by atoms with E-state index in [2.05, 4.69) is 0 Å². The maximum atomic E-state index is 11.9. The summed E-state index contributed by atoms with van der Waals surface area (Å²) in [7, 11) is -4.07. The van der Waals surface area contributed by atoms with E-state index in [0.29, 0.717) is 0 Å². The highest BCUT2D eigenvalue weighted by molar-refractivity contribution is 7.90. The molecule has 2 rings (SSSR count). The summed E-state index contributed by atoms with van der Waals surface area (Å²) in [4.78, 5) is 22.0. The molecule has 0 aromatic heterocycles. The van der Waals surface area contributed by atoms with Crippen LogP contribution in [0.15, 0.2) is 29.2 Å². The number of amides is 1. The van der Waals surface area contributed by atoms with Crippen molar-refractivity contribution in [3.05, 3.63) is 29.3 Å². The summed E-state index contributed by atoms with van der Waals surface area (Å²) < 4.78 is 25.7. The van der Waals surface area contributed by atoms with Gasteiger partial charge in [0.1, 0.15) is 4.90 Å². The minimum atomic E-state index is -4.07. The normalized spacial score (nSPS) is 21.7. The van der Waals surface area contributed by atoms with Crippen molar-refractivity contribution in [2.75, 3.05) is 0 Å². The minimum absolute atomic E-state index is 0.00613. The molecule has 19 heavy (non-hydrogen) atoms. The maximum absolute atomic E-state index is 11.9. The first-order chi connectivity index (χ1) is 8.83. The molecule has 0 heterocycles. The lowest BCUT2D eigenvalue weighted by atomic mass is 10.3. The predicted octanol–water partition coefficient (Wildman–Crippen LogP) is 0.866. The van der Waals surface area contributed by atoms with Gasteiger partial charge >= 0.3 is 5.97 Å². The van der Waals surface area contributed by atoms with Gasteiger partial charge in [0.05, 0.1) is 16.9 Å². The third kappa shape index (κ3) is 2.87. The van der Waals surface area contributed by atoms with Crippen molar-refractivity contribution >= 4 is 33.5 Å². The lowest BCUT2D eigenvalue weighted by Crippen LogP contribution is -2.32. The molecule has 2 N–H and O–H groups in total. The highest BCUT2D eigenvalue weighted by atomic mass is 35.5. The summed E-state index contributed by atoms with van der Waals surface area (Å²) in [6.45, 7) is 0. The third-order valence-electron chi connectivity index (χ3n) is 2.81. The second kappa shape index (κ2) is 4.82. The molecule has 1 aromatic rings. The highest BCUT2D eigenvalue weighted by Crippen LogP contribution is 2.39. The molecule has 6 nitrogen and oxygen atoms in total. The number of benzene rings is 1. The van der Waals surface area contributed by atoms with E-state index in [9.17, 15) is 18.0 Å². The Morgan fingerprint density at radius 3 is 2.42 bits per heavy atom. The van der Waals surface area contributed by atoms with Crippen LogP contribution in [0.3, 0.4) is 0 Å². The molecule has 0 radical (unpaired) electrons. The van der Waals surface area contributed by atoms with Gasteiger partial charge in [-0.3, -0.25) is 9.59 Å². The Balaban J connectivity index is 2.13. The molecule has 1 amide bonds. The Morgan fingerprint density at radius 2 is 1.89 bits per heavy atom. The quantitative estimate of drug-likeness (QED) is 0.859. The van der Waals surface area contributed by atoms with Crippen molar-refractivity contribution in [2.24, 2.45) is 11.8 Å². The van der Waals surface area contributed by atoms with E-state index in [4.69, 9.17) is 16.7 Å². The van der Waals surface area contributed by atoms with Crippen LogP contribution >= 0.6 is 11.6 Å². The zero-order valence-electron chi connectivity index (χ0n) is 9.54. The van der Waals surface area contributed by atoms with Gasteiger partial charge in [0, 0.05) is 0 Å². The van der Waals surface area contributed by atoms with Crippen molar-refractivity contribution in [2.45, 2.75) is 11.3 Å². The topological polar surface area (TPSA) is 101 Å². The first kappa shape index (κ1) is 13.8. The smallest absolute Gasteiger partial charge is 0.307 e. The fourth-order valence-electron chi connectivity index (χ4n) is 1.68. The molecule has 1 fully saturated rings. The Hall–Kier alpha value is -1.60. The zero-order chi connectivity index (χ0) is 14.2. The molecule has 0 unspecified atom stereocenters.